The number of aliphatic hydroxyl groups excluding tert-OH is 3. The highest BCUT2D eigenvalue weighted by Crippen LogP contribution is 2.05. The molecule has 0 saturated heterocycles. The molecule has 6 nitrogen and oxygen atoms in total. The normalized spacial score (nSPS) is 21.1. The standard InChI is InChI=1S/C6H13NO5/c1-3(9)6(12-7)5(11)4(10)2-8/h2-6,9-11H,7H2,1H3/t3-,4+,5-,6-/m1/s1. The van der Waals surface area contributed by atoms with Crippen molar-refractivity contribution >= 4 is 6.29 Å². The third-order valence-corrected chi connectivity index (χ3v) is 1.46. The molecule has 0 fully saturated rings. The monoisotopic (exact) mass is 179 g/mol. The molecule has 72 valence electrons. The van der Waals surface area contributed by atoms with Crippen LogP contribution in [0.3, 0.4) is 0 Å². The van der Waals surface area contributed by atoms with Gasteiger partial charge in [0.2, 0.25) is 0 Å². The molecule has 0 aromatic heterocycles. The molecule has 0 spiro atoms. The van der Waals surface area contributed by atoms with Gasteiger partial charge in [-0.05, 0) is 6.92 Å². The summed E-state index contributed by atoms with van der Waals surface area (Å²) in [5, 5.41) is 26.8. The third kappa shape index (κ3) is 2.84. The minimum Gasteiger partial charge on any atom is -0.391 e. The van der Waals surface area contributed by atoms with Gasteiger partial charge in [0.1, 0.15) is 18.3 Å². The van der Waals surface area contributed by atoms with Crippen molar-refractivity contribution < 1.29 is 25.0 Å². The van der Waals surface area contributed by atoms with Crippen LogP contribution in [0.15, 0.2) is 0 Å². The Bertz CT molecular complexity index is 140. The Morgan fingerprint density at radius 3 is 2.17 bits per heavy atom. The Balaban J connectivity index is 4.19. The van der Waals surface area contributed by atoms with Crippen molar-refractivity contribution in [3.05, 3.63) is 0 Å². The molecule has 0 aliphatic carbocycles. The van der Waals surface area contributed by atoms with Gasteiger partial charge in [0, 0.05) is 0 Å². The largest absolute Gasteiger partial charge is 0.391 e. The molecule has 6 heteroatoms. The van der Waals surface area contributed by atoms with Gasteiger partial charge in [-0.1, -0.05) is 0 Å². The van der Waals surface area contributed by atoms with Gasteiger partial charge in [0.05, 0.1) is 6.10 Å². The number of aliphatic hydroxyl groups is 3. The van der Waals surface area contributed by atoms with E-state index < -0.39 is 24.4 Å². The summed E-state index contributed by atoms with van der Waals surface area (Å²) < 4.78 is 0. The Morgan fingerprint density at radius 2 is 1.92 bits per heavy atom. The van der Waals surface area contributed by atoms with Crippen molar-refractivity contribution in [3.63, 3.8) is 0 Å². The van der Waals surface area contributed by atoms with Gasteiger partial charge in [0.15, 0.2) is 6.29 Å². The van der Waals surface area contributed by atoms with Crippen LogP contribution in [0.1, 0.15) is 6.92 Å². The van der Waals surface area contributed by atoms with Gasteiger partial charge in [-0.3, -0.25) is 4.84 Å². The van der Waals surface area contributed by atoms with Crippen molar-refractivity contribution in [1.82, 2.24) is 0 Å². The van der Waals surface area contributed by atoms with Gasteiger partial charge in [-0.25, -0.2) is 5.90 Å². The van der Waals surface area contributed by atoms with Gasteiger partial charge in [-0.2, -0.15) is 0 Å². The first-order valence-electron chi connectivity index (χ1n) is 3.39. The zero-order chi connectivity index (χ0) is 9.72. The quantitative estimate of drug-likeness (QED) is 0.275. The summed E-state index contributed by atoms with van der Waals surface area (Å²) in [5.41, 5.74) is 0. The summed E-state index contributed by atoms with van der Waals surface area (Å²) in [6.07, 6.45) is -5.23. The van der Waals surface area contributed by atoms with Crippen LogP contribution in [0.4, 0.5) is 0 Å². The number of hydrogen-bond acceptors (Lipinski definition) is 6. The molecule has 0 saturated carbocycles. The molecule has 0 rings (SSSR count). The molecule has 0 bridgehead atoms. The number of carbonyl (C=O) groups excluding carboxylic acids is 1. The van der Waals surface area contributed by atoms with Crippen LogP contribution in [0.2, 0.25) is 0 Å². The van der Waals surface area contributed by atoms with E-state index in [0.717, 1.165) is 0 Å². The summed E-state index contributed by atoms with van der Waals surface area (Å²) in [6.45, 7) is 1.32. The van der Waals surface area contributed by atoms with Crippen LogP contribution >= 0.6 is 0 Å². The second-order valence-electron chi connectivity index (χ2n) is 2.46. The maximum atomic E-state index is 10.0. The number of nitrogens with two attached hydrogens (primary N) is 1. The third-order valence-electron chi connectivity index (χ3n) is 1.46. The van der Waals surface area contributed by atoms with Crippen LogP contribution in [0, 0.1) is 0 Å². The van der Waals surface area contributed by atoms with Crippen molar-refractivity contribution in [2.24, 2.45) is 5.90 Å². The fourth-order valence-corrected chi connectivity index (χ4v) is 0.754. The molecule has 5 N–H and O–H groups in total. The van der Waals surface area contributed by atoms with Gasteiger partial charge in [-0.15, -0.1) is 0 Å². The smallest absolute Gasteiger partial charge is 0.151 e. The number of hydrogen-bond donors (Lipinski definition) is 4. The zero-order valence-electron chi connectivity index (χ0n) is 6.62. The maximum Gasteiger partial charge on any atom is 0.151 e. The Kier molecular flexibility index (Phi) is 4.95. The van der Waals surface area contributed by atoms with E-state index in [0.29, 0.717) is 0 Å². The summed E-state index contributed by atoms with van der Waals surface area (Å²) in [6, 6.07) is 0. The first-order chi connectivity index (χ1) is 5.54. The fraction of sp³-hybridized carbons (Fsp3) is 0.833. The highest BCUT2D eigenvalue weighted by Gasteiger charge is 2.30. The number of carbonyl (C=O) groups is 1. The van der Waals surface area contributed by atoms with E-state index >= 15 is 0 Å². The van der Waals surface area contributed by atoms with Crippen molar-refractivity contribution in [3.8, 4) is 0 Å². The Labute approximate surface area is 69.5 Å². The fourth-order valence-electron chi connectivity index (χ4n) is 0.754. The van der Waals surface area contributed by atoms with E-state index in [4.69, 9.17) is 21.2 Å². The van der Waals surface area contributed by atoms with Gasteiger partial charge in [0.25, 0.3) is 0 Å². The molecule has 0 aromatic carbocycles. The summed E-state index contributed by atoms with van der Waals surface area (Å²) in [7, 11) is 0. The second-order valence-corrected chi connectivity index (χ2v) is 2.46. The van der Waals surface area contributed by atoms with Crippen molar-refractivity contribution in [1.29, 1.82) is 0 Å². The highest BCUT2D eigenvalue weighted by atomic mass is 16.6. The molecule has 0 aliphatic heterocycles. The lowest BCUT2D eigenvalue weighted by molar-refractivity contribution is -0.143. The Hall–Kier alpha value is -0.530. The number of aldehydes is 1. The molecule has 0 unspecified atom stereocenters. The van der Waals surface area contributed by atoms with E-state index in [1.54, 1.807) is 0 Å². The molecule has 0 aromatic rings. The molecule has 0 amide bonds. The van der Waals surface area contributed by atoms with Crippen LogP contribution in [0.25, 0.3) is 0 Å². The first kappa shape index (κ1) is 11.5. The maximum absolute atomic E-state index is 10.0. The first-order valence-corrected chi connectivity index (χ1v) is 3.39. The van der Waals surface area contributed by atoms with E-state index in [1.807, 2.05) is 0 Å². The lowest BCUT2D eigenvalue weighted by Gasteiger charge is -2.24. The lowest BCUT2D eigenvalue weighted by Crippen LogP contribution is -2.47. The molecular weight excluding hydrogens is 166 g/mol. The van der Waals surface area contributed by atoms with Gasteiger partial charge >= 0.3 is 0 Å². The topological polar surface area (TPSA) is 113 Å². The molecular formula is C6H13NO5. The minimum absolute atomic E-state index is 0.138. The summed E-state index contributed by atoms with van der Waals surface area (Å²) in [5.74, 6) is 4.72. The SMILES string of the molecule is C[C@@H](O)[C@@H](ON)[C@H](O)[C@@H](O)C=O. The number of rotatable bonds is 5. The molecule has 0 radical (unpaired) electrons. The minimum atomic E-state index is -1.60. The van der Waals surface area contributed by atoms with E-state index in [1.165, 1.54) is 6.92 Å². The van der Waals surface area contributed by atoms with Crippen LogP contribution < -0.4 is 5.90 Å². The molecule has 0 aliphatic rings. The van der Waals surface area contributed by atoms with Crippen LogP contribution in [0.5, 0.6) is 0 Å². The zero-order valence-corrected chi connectivity index (χ0v) is 6.62. The lowest BCUT2D eigenvalue weighted by atomic mass is 10.1. The second kappa shape index (κ2) is 5.18. The molecule has 4 atom stereocenters. The summed E-state index contributed by atoms with van der Waals surface area (Å²) in [4.78, 5) is 14.2. The average molecular weight is 179 g/mol. The highest BCUT2D eigenvalue weighted by molar-refractivity contribution is 5.56. The molecule has 0 heterocycles. The average Bonchev–Trinajstić information content (AvgIpc) is 2.03. The van der Waals surface area contributed by atoms with Crippen LogP contribution in [-0.2, 0) is 9.63 Å². The van der Waals surface area contributed by atoms with Crippen molar-refractivity contribution in [2.75, 3.05) is 0 Å². The van der Waals surface area contributed by atoms with E-state index in [-0.39, 0.29) is 6.29 Å². The Morgan fingerprint density at radius 1 is 1.42 bits per heavy atom. The summed E-state index contributed by atoms with van der Waals surface area (Å²) >= 11 is 0. The van der Waals surface area contributed by atoms with E-state index in [9.17, 15) is 4.79 Å². The molecule has 12 heavy (non-hydrogen) atoms. The van der Waals surface area contributed by atoms with Crippen molar-refractivity contribution in [2.45, 2.75) is 31.3 Å². The van der Waals surface area contributed by atoms with Crippen LogP contribution in [-0.4, -0.2) is 46.0 Å². The van der Waals surface area contributed by atoms with E-state index in [2.05, 4.69) is 4.84 Å². The van der Waals surface area contributed by atoms with Gasteiger partial charge < -0.3 is 20.1 Å². The predicted molar refractivity (Wildman–Crippen MR) is 38.8 cm³/mol. The predicted octanol–water partition coefficient (Wildman–Crippen LogP) is -2.45.